The standard InChI is InChI=1S/C9H7N5/c1-2-14-5-12-7-3-6(4-10)8(11)13-9(7)14/h2-3,5H,1H2,(H2,11,13). The molecule has 0 amide bonds. The lowest BCUT2D eigenvalue weighted by molar-refractivity contribution is 1.15. The number of hydrogen-bond acceptors (Lipinski definition) is 4. The van der Waals surface area contributed by atoms with Gasteiger partial charge in [0.2, 0.25) is 0 Å². The number of nitrogen functional groups attached to an aromatic ring is 1. The van der Waals surface area contributed by atoms with Crippen molar-refractivity contribution in [1.29, 1.82) is 5.26 Å². The summed E-state index contributed by atoms with van der Waals surface area (Å²) in [6, 6.07) is 3.56. The molecule has 14 heavy (non-hydrogen) atoms. The summed E-state index contributed by atoms with van der Waals surface area (Å²) >= 11 is 0. The molecule has 5 nitrogen and oxygen atoms in total. The van der Waals surface area contributed by atoms with Gasteiger partial charge in [-0.1, -0.05) is 6.58 Å². The number of fused-ring (bicyclic) bond motifs is 1. The zero-order valence-corrected chi connectivity index (χ0v) is 7.31. The second-order valence-electron chi connectivity index (χ2n) is 2.71. The number of rotatable bonds is 1. The largest absolute Gasteiger partial charge is 0.383 e. The van der Waals surface area contributed by atoms with Crippen LogP contribution in [0.5, 0.6) is 0 Å². The van der Waals surface area contributed by atoms with E-state index < -0.39 is 0 Å². The maximum absolute atomic E-state index is 8.72. The van der Waals surface area contributed by atoms with Crippen LogP contribution >= 0.6 is 0 Å². The Morgan fingerprint density at radius 3 is 3.07 bits per heavy atom. The first-order valence-electron chi connectivity index (χ1n) is 3.92. The number of anilines is 1. The topological polar surface area (TPSA) is 80.5 Å². The van der Waals surface area contributed by atoms with Crippen LogP contribution in [-0.2, 0) is 0 Å². The predicted molar refractivity (Wildman–Crippen MR) is 53.0 cm³/mol. The monoisotopic (exact) mass is 185 g/mol. The maximum atomic E-state index is 8.72. The van der Waals surface area contributed by atoms with Crippen LogP contribution < -0.4 is 5.73 Å². The molecule has 0 aliphatic carbocycles. The van der Waals surface area contributed by atoms with Gasteiger partial charge in [-0.05, 0) is 6.07 Å². The highest BCUT2D eigenvalue weighted by Crippen LogP contribution is 2.16. The van der Waals surface area contributed by atoms with Gasteiger partial charge in [-0.15, -0.1) is 0 Å². The van der Waals surface area contributed by atoms with Crippen LogP contribution in [0.15, 0.2) is 19.0 Å². The molecule has 0 saturated carbocycles. The van der Waals surface area contributed by atoms with E-state index in [9.17, 15) is 0 Å². The predicted octanol–water partition coefficient (Wildman–Crippen LogP) is 0.986. The number of nitrogens with two attached hydrogens (primary N) is 1. The second kappa shape index (κ2) is 2.85. The fourth-order valence-corrected chi connectivity index (χ4v) is 1.19. The third-order valence-electron chi connectivity index (χ3n) is 1.90. The summed E-state index contributed by atoms with van der Waals surface area (Å²) in [6.07, 6.45) is 3.15. The zero-order valence-electron chi connectivity index (χ0n) is 7.31. The molecule has 2 heterocycles. The average molecular weight is 185 g/mol. The number of pyridine rings is 1. The highest BCUT2D eigenvalue weighted by Gasteiger charge is 2.06. The first kappa shape index (κ1) is 8.26. The summed E-state index contributed by atoms with van der Waals surface area (Å²) in [5.74, 6) is 0.212. The highest BCUT2D eigenvalue weighted by molar-refractivity contribution is 5.77. The van der Waals surface area contributed by atoms with Gasteiger partial charge in [-0.3, -0.25) is 4.57 Å². The van der Waals surface area contributed by atoms with Crippen molar-refractivity contribution < 1.29 is 0 Å². The lowest BCUT2D eigenvalue weighted by atomic mass is 10.2. The second-order valence-corrected chi connectivity index (χ2v) is 2.71. The van der Waals surface area contributed by atoms with Crippen LogP contribution in [0.1, 0.15) is 5.56 Å². The SMILES string of the molecule is C=Cn1cnc2cc(C#N)c(N)nc21. The van der Waals surface area contributed by atoms with Crippen LogP contribution in [0.2, 0.25) is 0 Å². The molecule has 2 rings (SSSR count). The molecule has 0 aliphatic heterocycles. The number of nitrogens with zero attached hydrogens (tertiary/aromatic N) is 4. The molecule has 0 spiro atoms. The Hall–Kier alpha value is -2.35. The van der Waals surface area contributed by atoms with Crippen molar-refractivity contribution in [3.05, 3.63) is 24.5 Å². The van der Waals surface area contributed by atoms with E-state index in [4.69, 9.17) is 11.0 Å². The Bertz CT molecular complexity index is 546. The number of imidazole rings is 1. The first-order chi connectivity index (χ1) is 6.76. The maximum Gasteiger partial charge on any atom is 0.166 e. The number of aromatic nitrogens is 3. The quantitative estimate of drug-likeness (QED) is 0.718. The molecule has 0 fully saturated rings. The van der Waals surface area contributed by atoms with Crippen LogP contribution in [0.3, 0.4) is 0 Å². The highest BCUT2D eigenvalue weighted by atomic mass is 15.1. The molecule has 2 aromatic rings. The molecule has 5 heteroatoms. The van der Waals surface area contributed by atoms with Gasteiger partial charge in [-0.2, -0.15) is 5.26 Å². The third kappa shape index (κ3) is 1.02. The number of hydrogen-bond donors (Lipinski definition) is 1. The van der Waals surface area contributed by atoms with E-state index >= 15 is 0 Å². The minimum Gasteiger partial charge on any atom is -0.383 e. The minimum absolute atomic E-state index is 0.212. The molecular formula is C9H7N5. The summed E-state index contributed by atoms with van der Waals surface area (Å²) < 4.78 is 1.65. The Labute approximate surface area is 80.1 Å². The van der Waals surface area contributed by atoms with Crippen molar-refractivity contribution in [2.45, 2.75) is 0 Å². The van der Waals surface area contributed by atoms with E-state index in [1.807, 2.05) is 6.07 Å². The third-order valence-corrected chi connectivity index (χ3v) is 1.90. The first-order valence-corrected chi connectivity index (χ1v) is 3.92. The van der Waals surface area contributed by atoms with Gasteiger partial charge in [0.15, 0.2) is 5.65 Å². The van der Waals surface area contributed by atoms with Gasteiger partial charge in [-0.25, -0.2) is 9.97 Å². The van der Waals surface area contributed by atoms with E-state index in [-0.39, 0.29) is 5.82 Å². The van der Waals surface area contributed by atoms with Crippen LogP contribution in [0, 0.1) is 11.3 Å². The fraction of sp³-hybridized carbons (Fsp3) is 0. The smallest absolute Gasteiger partial charge is 0.166 e. The molecule has 2 N–H and O–H groups in total. The van der Waals surface area contributed by atoms with E-state index in [2.05, 4.69) is 16.5 Å². The van der Waals surface area contributed by atoms with Gasteiger partial charge in [0, 0.05) is 6.20 Å². The molecule has 0 atom stereocenters. The molecule has 0 unspecified atom stereocenters. The molecule has 0 aliphatic rings. The molecule has 0 saturated heterocycles. The summed E-state index contributed by atoms with van der Waals surface area (Å²) in [7, 11) is 0. The molecule has 0 aromatic carbocycles. The summed E-state index contributed by atoms with van der Waals surface area (Å²) in [4.78, 5) is 8.12. The van der Waals surface area contributed by atoms with Crippen molar-refractivity contribution in [2.24, 2.45) is 0 Å². The van der Waals surface area contributed by atoms with Gasteiger partial charge in [0.1, 0.15) is 23.7 Å². The Balaban J connectivity index is 2.83. The minimum atomic E-state index is 0.212. The average Bonchev–Trinajstić information content (AvgIpc) is 2.58. The van der Waals surface area contributed by atoms with E-state index in [0.717, 1.165) is 0 Å². The van der Waals surface area contributed by atoms with Crippen molar-refractivity contribution in [3.8, 4) is 6.07 Å². The fourth-order valence-electron chi connectivity index (χ4n) is 1.19. The van der Waals surface area contributed by atoms with E-state index in [0.29, 0.717) is 16.7 Å². The lowest BCUT2D eigenvalue weighted by Crippen LogP contribution is -1.96. The molecule has 68 valence electrons. The van der Waals surface area contributed by atoms with Gasteiger partial charge >= 0.3 is 0 Å². The van der Waals surface area contributed by atoms with Gasteiger partial charge < -0.3 is 5.73 Å². The summed E-state index contributed by atoms with van der Waals surface area (Å²) in [5, 5.41) is 8.72. The Morgan fingerprint density at radius 1 is 1.64 bits per heavy atom. The Morgan fingerprint density at radius 2 is 2.43 bits per heavy atom. The van der Waals surface area contributed by atoms with Crippen LogP contribution in [-0.4, -0.2) is 14.5 Å². The summed E-state index contributed by atoms with van der Waals surface area (Å²) in [6.45, 7) is 3.60. The van der Waals surface area contributed by atoms with E-state index in [1.165, 1.54) is 0 Å². The lowest BCUT2D eigenvalue weighted by Gasteiger charge is -1.97. The van der Waals surface area contributed by atoms with Crippen molar-refractivity contribution >= 4 is 23.2 Å². The van der Waals surface area contributed by atoms with Gasteiger partial charge in [0.25, 0.3) is 0 Å². The van der Waals surface area contributed by atoms with Gasteiger partial charge in [0.05, 0.1) is 5.56 Å². The molecule has 2 aromatic heterocycles. The van der Waals surface area contributed by atoms with Crippen LogP contribution in [0.25, 0.3) is 17.4 Å². The normalized spacial score (nSPS) is 9.93. The van der Waals surface area contributed by atoms with Crippen molar-refractivity contribution in [2.75, 3.05) is 5.73 Å². The summed E-state index contributed by atoms with van der Waals surface area (Å²) in [5.41, 5.74) is 7.15. The van der Waals surface area contributed by atoms with Crippen molar-refractivity contribution in [1.82, 2.24) is 14.5 Å². The zero-order chi connectivity index (χ0) is 10.1. The van der Waals surface area contributed by atoms with E-state index in [1.54, 1.807) is 23.2 Å². The molecule has 0 bridgehead atoms. The van der Waals surface area contributed by atoms with Crippen LogP contribution in [0.4, 0.5) is 5.82 Å². The van der Waals surface area contributed by atoms with Crippen molar-refractivity contribution in [3.63, 3.8) is 0 Å². The number of nitriles is 1. The molecular weight excluding hydrogens is 178 g/mol. The molecule has 0 radical (unpaired) electrons. The Kier molecular flexibility index (Phi) is 1.68.